The minimum absolute atomic E-state index is 0.0121. The zero-order chi connectivity index (χ0) is 21.2. The van der Waals surface area contributed by atoms with Gasteiger partial charge in [-0.15, -0.1) is 0 Å². The van der Waals surface area contributed by atoms with E-state index in [1.54, 1.807) is 0 Å². The molecule has 31 heavy (non-hydrogen) atoms. The van der Waals surface area contributed by atoms with Crippen molar-refractivity contribution >= 4 is 27.7 Å². The molecule has 6 nitrogen and oxygen atoms in total. The second-order valence-corrected chi connectivity index (χ2v) is 7.93. The summed E-state index contributed by atoms with van der Waals surface area (Å²) in [5, 5.41) is 1.29. The first kappa shape index (κ1) is 19.5. The minimum Gasteiger partial charge on any atom is -0.339 e. The number of benzene rings is 2. The van der Waals surface area contributed by atoms with Crippen LogP contribution in [0.15, 0.2) is 77.7 Å². The summed E-state index contributed by atoms with van der Waals surface area (Å²) in [7, 11) is 0. The van der Waals surface area contributed by atoms with Crippen LogP contribution in [0.4, 0.5) is 0 Å². The van der Waals surface area contributed by atoms with Crippen LogP contribution in [-0.2, 0) is 17.9 Å². The molecule has 0 N–H and O–H groups in total. The van der Waals surface area contributed by atoms with E-state index in [0.717, 1.165) is 36.4 Å². The SMILES string of the molecule is O=C(Cn1c2ccccc2c(=O)c2ccccc21)N1CCN(Cc2ccccn2)CC1. The summed E-state index contributed by atoms with van der Waals surface area (Å²) >= 11 is 0. The van der Waals surface area contributed by atoms with Gasteiger partial charge in [0.1, 0.15) is 6.54 Å². The number of hydrogen-bond donors (Lipinski definition) is 0. The first-order chi connectivity index (χ1) is 15.2. The molecule has 0 spiro atoms. The van der Waals surface area contributed by atoms with Crippen molar-refractivity contribution in [1.82, 2.24) is 19.4 Å². The molecule has 0 radical (unpaired) electrons. The van der Waals surface area contributed by atoms with E-state index in [0.29, 0.717) is 23.9 Å². The average Bonchev–Trinajstić information content (AvgIpc) is 2.83. The maximum Gasteiger partial charge on any atom is 0.242 e. The van der Waals surface area contributed by atoms with E-state index in [1.807, 2.05) is 82.4 Å². The summed E-state index contributed by atoms with van der Waals surface area (Å²) in [6.07, 6.45) is 1.81. The Hall–Kier alpha value is -3.51. The van der Waals surface area contributed by atoms with E-state index < -0.39 is 0 Å². The predicted octanol–water partition coefficient (Wildman–Crippen LogP) is 2.89. The second-order valence-electron chi connectivity index (χ2n) is 7.93. The Balaban J connectivity index is 1.36. The molecule has 5 rings (SSSR count). The number of aromatic nitrogens is 2. The number of hydrogen-bond acceptors (Lipinski definition) is 4. The van der Waals surface area contributed by atoms with Crippen molar-refractivity contribution in [2.24, 2.45) is 0 Å². The van der Waals surface area contributed by atoms with Gasteiger partial charge < -0.3 is 9.47 Å². The fraction of sp³-hybridized carbons (Fsp3) is 0.240. The Morgan fingerprint density at radius 1 is 0.806 bits per heavy atom. The Kier molecular flexibility index (Phi) is 5.22. The number of rotatable bonds is 4. The zero-order valence-electron chi connectivity index (χ0n) is 17.3. The van der Waals surface area contributed by atoms with Crippen LogP contribution < -0.4 is 5.43 Å². The number of pyridine rings is 2. The zero-order valence-corrected chi connectivity index (χ0v) is 17.3. The fourth-order valence-corrected chi connectivity index (χ4v) is 4.36. The smallest absolute Gasteiger partial charge is 0.242 e. The standard InChI is InChI=1S/C25H24N4O2/c30-24(28-15-13-27(14-16-28)17-19-7-5-6-12-26-19)18-29-22-10-3-1-8-20(22)25(31)21-9-2-4-11-23(21)29/h1-12H,13-18H2. The Morgan fingerprint density at radius 2 is 1.42 bits per heavy atom. The van der Waals surface area contributed by atoms with Crippen molar-refractivity contribution in [3.8, 4) is 0 Å². The molecular weight excluding hydrogens is 388 g/mol. The molecule has 6 heteroatoms. The lowest BCUT2D eigenvalue weighted by Gasteiger charge is -2.35. The van der Waals surface area contributed by atoms with Gasteiger partial charge in [0.05, 0.1) is 16.7 Å². The lowest BCUT2D eigenvalue weighted by Crippen LogP contribution is -2.49. The van der Waals surface area contributed by atoms with E-state index in [-0.39, 0.29) is 17.9 Å². The molecule has 1 saturated heterocycles. The van der Waals surface area contributed by atoms with Crippen LogP contribution >= 0.6 is 0 Å². The number of carbonyl (C=O) groups is 1. The Bertz CT molecular complexity index is 1230. The van der Waals surface area contributed by atoms with Crippen LogP contribution in [0.2, 0.25) is 0 Å². The van der Waals surface area contributed by atoms with E-state index in [9.17, 15) is 9.59 Å². The fourth-order valence-electron chi connectivity index (χ4n) is 4.36. The lowest BCUT2D eigenvalue weighted by atomic mass is 10.1. The highest BCUT2D eigenvalue weighted by atomic mass is 16.2. The summed E-state index contributed by atoms with van der Waals surface area (Å²) in [5.41, 5.74) is 2.66. The molecule has 3 heterocycles. The summed E-state index contributed by atoms with van der Waals surface area (Å²) < 4.78 is 1.98. The van der Waals surface area contributed by atoms with Gasteiger partial charge in [-0.05, 0) is 36.4 Å². The average molecular weight is 412 g/mol. The highest BCUT2D eigenvalue weighted by Gasteiger charge is 2.22. The van der Waals surface area contributed by atoms with E-state index in [1.165, 1.54) is 0 Å². The third kappa shape index (κ3) is 3.82. The summed E-state index contributed by atoms with van der Waals surface area (Å²) in [6.45, 7) is 4.07. The quantitative estimate of drug-likeness (QED) is 0.484. The van der Waals surface area contributed by atoms with Gasteiger partial charge in [-0.1, -0.05) is 30.3 Å². The number of para-hydroxylation sites is 2. The molecule has 0 saturated carbocycles. The molecule has 4 aromatic rings. The molecular formula is C25H24N4O2. The number of amides is 1. The molecule has 0 unspecified atom stereocenters. The molecule has 0 atom stereocenters. The first-order valence-corrected chi connectivity index (χ1v) is 10.6. The van der Waals surface area contributed by atoms with Crippen LogP contribution in [0.3, 0.4) is 0 Å². The predicted molar refractivity (Wildman–Crippen MR) is 122 cm³/mol. The number of fused-ring (bicyclic) bond motifs is 2. The molecule has 0 aliphatic carbocycles. The van der Waals surface area contributed by atoms with E-state index in [4.69, 9.17) is 0 Å². The monoisotopic (exact) mass is 412 g/mol. The second kappa shape index (κ2) is 8.32. The van der Waals surface area contributed by atoms with Crippen molar-refractivity contribution in [3.63, 3.8) is 0 Å². The Labute approximate surface area is 180 Å². The third-order valence-electron chi connectivity index (χ3n) is 6.01. The topological polar surface area (TPSA) is 58.4 Å². The van der Waals surface area contributed by atoms with Crippen molar-refractivity contribution in [2.75, 3.05) is 26.2 Å². The van der Waals surface area contributed by atoms with E-state index in [2.05, 4.69) is 9.88 Å². The van der Waals surface area contributed by atoms with E-state index >= 15 is 0 Å². The van der Waals surface area contributed by atoms with Crippen LogP contribution in [-0.4, -0.2) is 51.4 Å². The summed E-state index contributed by atoms with van der Waals surface area (Å²) in [4.78, 5) is 34.7. The van der Waals surface area contributed by atoms with Crippen LogP contribution in [0.5, 0.6) is 0 Å². The van der Waals surface area contributed by atoms with Gasteiger partial charge in [-0.2, -0.15) is 0 Å². The minimum atomic E-state index is 0.0121. The summed E-state index contributed by atoms with van der Waals surface area (Å²) in [5.74, 6) is 0.0800. The molecule has 2 aromatic carbocycles. The molecule has 1 fully saturated rings. The van der Waals surface area contributed by atoms with Gasteiger partial charge in [-0.25, -0.2) is 0 Å². The van der Waals surface area contributed by atoms with Crippen molar-refractivity contribution in [2.45, 2.75) is 13.1 Å². The van der Waals surface area contributed by atoms with Crippen molar-refractivity contribution < 1.29 is 4.79 Å². The normalized spacial score (nSPS) is 14.9. The number of carbonyl (C=O) groups excluding carboxylic acids is 1. The van der Waals surface area contributed by atoms with Crippen LogP contribution in [0, 0.1) is 0 Å². The number of piperazine rings is 1. The maximum atomic E-state index is 13.2. The third-order valence-corrected chi connectivity index (χ3v) is 6.01. The highest BCUT2D eigenvalue weighted by molar-refractivity contribution is 5.94. The van der Waals surface area contributed by atoms with Gasteiger partial charge in [0.15, 0.2) is 5.43 Å². The molecule has 1 aliphatic rings. The van der Waals surface area contributed by atoms with Gasteiger partial charge >= 0.3 is 0 Å². The molecule has 0 bridgehead atoms. The molecule has 156 valence electrons. The van der Waals surface area contributed by atoms with Gasteiger partial charge in [-0.3, -0.25) is 19.5 Å². The first-order valence-electron chi connectivity index (χ1n) is 10.6. The summed E-state index contributed by atoms with van der Waals surface area (Å²) in [6, 6.07) is 21.0. The molecule has 2 aromatic heterocycles. The molecule has 1 amide bonds. The van der Waals surface area contributed by atoms with Gasteiger partial charge in [0.2, 0.25) is 5.91 Å². The van der Waals surface area contributed by atoms with Crippen LogP contribution in [0.1, 0.15) is 5.69 Å². The maximum absolute atomic E-state index is 13.2. The number of nitrogens with zero attached hydrogens (tertiary/aromatic N) is 4. The van der Waals surface area contributed by atoms with Crippen molar-refractivity contribution in [1.29, 1.82) is 0 Å². The van der Waals surface area contributed by atoms with Crippen LogP contribution in [0.25, 0.3) is 21.8 Å². The van der Waals surface area contributed by atoms with Crippen molar-refractivity contribution in [3.05, 3.63) is 88.8 Å². The Morgan fingerprint density at radius 3 is 2.03 bits per heavy atom. The largest absolute Gasteiger partial charge is 0.339 e. The van der Waals surface area contributed by atoms with Gasteiger partial charge in [0, 0.05) is 49.7 Å². The molecule has 1 aliphatic heterocycles. The highest BCUT2D eigenvalue weighted by Crippen LogP contribution is 2.19. The lowest BCUT2D eigenvalue weighted by molar-refractivity contribution is -0.133. The van der Waals surface area contributed by atoms with Gasteiger partial charge in [0.25, 0.3) is 0 Å².